The van der Waals surface area contributed by atoms with E-state index in [2.05, 4.69) is 15.6 Å². The van der Waals surface area contributed by atoms with Crippen LogP contribution >= 0.6 is 0 Å². The van der Waals surface area contributed by atoms with Gasteiger partial charge in [-0.25, -0.2) is 4.68 Å². The van der Waals surface area contributed by atoms with E-state index in [9.17, 15) is 4.79 Å². The highest BCUT2D eigenvalue weighted by atomic mass is 16.2. The zero-order chi connectivity index (χ0) is 15.2. The Morgan fingerprint density at radius 2 is 2.14 bits per heavy atom. The molecule has 0 radical (unpaired) electrons. The van der Waals surface area contributed by atoms with E-state index in [-0.39, 0.29) is 12.5 Å². The van der Waals surface area contributed by atoms with E-state index in [0.717, 1.165) is 29.8 Å². The molecule has 2 rings (SSSR count). The van der Waals surface area contributed by atoms with Crippen molar-refractivity contribution in [3.8, 4) is 0 Å². The summed E-state index contributed by atoms with van der Waals surface area (Å²) in [5.41, 5.74) is 9.47. The molecule has 0 bridgehead atoms. The maximum Gasteiger partial charge on any atom is 0.246 e. The number of nitrogens with zero attached hydrogens (tertiary/aromatic N) is 3. The van der Waals surface area contributed by atoms with E-state index in [1.165, 1.54) is 5.56 Å². The Labute approximate surface area is 124 Å². The van der Waals surface area contributed by atoms with Crippen LogP contribution in [0.2, 0.25) is 0 Å². The minimum Gasteiger partial charge on any atom is -0.330 e. The van der Waals surface area contributed by atoms with Crippen molar-refractivity contribution in [3.05, 3.63) is 41.2 Å². The fourth-order valence-electron chi connectivity index (χ4n) is 1.98. The maximum atomic E-state index is 12.0. The molecule has 0 spiro atoms. The Bertz CT molecular complexity index is 620. The second-order valence-electron chi connectivity index (χ2n) is 5.15. The molecule has 0 aliphatic rings. The van der Waals surface area contributed by atoms with Crippen molar-refractivity contribution in [1.29, 1.82) is 0 Å². The highest BCUT2D eigenvalue weighted by Crippen LogP contribution is 2.14. The molecule has 6 heteroatoms. The van der Waals surface area contributed by atoms with E-state index >= 15 is 0 Å². The number of hydrogen-bond acceptors (Lipinski definition) is 4. The van der Waals surface area contributed by atoms with Gasteiger partial charge in [0.15, 0.2) is 0 Å². The topological polar surface area (TPSA) is 85.8 Å². The lowest BCUT2D eigenvalue weighted by Gasteiger charge is -2.07. The molecule has 21 heavy (non-hydrogen) atoms. The molecule has 6 nitrogen and oxygen atoms in total. The Balaban J connectivity index is 1.91. The van der Waals surface area contributed by atoms with Gasteiger partial charge in [-0.1, -0.05) is 11.3 Å². The largest absolute Gasteiger partial charge is 0.330 e. The molecule has 1 aromatic carbocycles. The number of hydrogen-bond donors (Lipinski definition) is 2. The van der Waals surface area contributed by atoms with E-state index in [4.69, 9.17) is 5.73 Å². The van der Waals surface area contributed by atoms with Crippen LogP contribution in [0, 0.1) is 13.8 Å². The fourth-order valence-corrected chi connectivity index (χ4v) is 1.98. The lowest BCUT2D eigenvalue weighted by Crippen LogP contribution is -2.19. The summed E-state index contributed by atoms with van der Waals surface area (Å²) in [5.74, 6) is -0.117. The van der Waals surface area contributed by atoms with E-state index in [1.54, 1.807) is 10.9 Å². The first-order chi connectivity index (χ1) is 10.1. The molecule has 0 saturated heterocycles. The van der Waals surface area contributed by atoms with Gasteiger partial charge in [-0.3, -0.25) is 4.79 Å². The van der Waals surface area contributed by atoms with E-state index in [0.29, 0.717) is 6.54 Å². The normalized spacial score (nSPS) is 10.6. The summed E-state index contributed by atoms with van der Waals surface area (Å²) in [6.07, 6.45) is 3.44. The van der Waals surface area contributed by atoms with Crippen molar-refractivity contribution in [3.63, 3.8) is 0 Å². The van der Waals surface area contributed by atoms with Crippen molar-refractivity contribution in [2.24, 2.45) is 5.73 Å². The van der Waals surface area contributed by atoms with E-state index < -0.39 is 0 Å². The highest BCUT2D eigenvalue weighted by molar-refractivity contribution is 5.90. The Morgan fingerprint density at radius 3 is 2.86 bits per heavy atom. The van der Waals surface area contributed by atoms with Gasteiger partial charge in [0.1, 0.15) is 6.54 Å². The van der Waals surface area contributed by atoms with Gasteiger partial charge < -0.3 is 11.1 Å². The molecule has 1 aromatic heterocycles. The zero-order valence-electron chi connectivity index (χ0n) is 12.5. The first kappa shape index (κ1) is 15.2. The SMILES string of the molecule is Cc1ccc(NC(=O)Cn2cc(CCCN)nn2)cc1C. The summed E-state index contributed by atoms with van der Waals surface area (Å²) in [7, 11) is 0. The fraction of sp³-hybridized carbons (Fsp3) is 0.400. The Kier molecular flexibility index (Phi) is 5.05. The van der Waals surface area contributed by atoms with Crippen LogP contribution < -0.4 is 11.1 Å². The zero-order valence-corrected chi connectivity index (χ0v) is 12.5. The van der Waals surface area contributed by atoms with Crippen LogP contribution in [-0.4, -0.2) is 27.4 Å². The monoisotopic (exact) mass is 287 g/mol. The smallest absolute Gasteiger partial charge is 0.246 e. The number of aryl methyl sites for hydroxylation is 3. The molecule has 112 valence electrons. The molecule has 1 amide bonds. The van der Waals surface area contributed by atoms with Crippen molar-refractivity contribution in [2.45, 2.75) is 33.2 Å². The molecule has 0 unspecified atom stereocenters. The predicted octanol–water partition coefficient (Wildman–Crippen LogP) is 1.42. The molecule has 1 heterocycles. The average Bonchev–Trinajstić information content (AvgIpc) is 2.88. The van der Waals surface area contributed by atoms with Crippen LogP contribution in [0.15, 0.2) is 24.4 Å². The second kappa shape index (κ2) is 6.99. The number of anilines is 1. The van der Waals surface area contributed by atoms with Crippen molar-refractivity contribution < 1.29 is 4.79 Å². The Hall–Kier alpha value is -2.21. The van der Waals surface area contributed by atoms with Gasteiger partial charge in [0.05, 0.1) is 5.69 Å². The quantitative estimate of drug-likeness (QED) is 0.841. The molecular formula is C15H21N5O. The van der Waals surface area contributed by atoms with E-state index in [1.807, 2.05) is 32.0 Å². The van der Waals surface area contributed by atoms with Crippen LogP contribution in [0.4, 0.5) is 5.69 Å². The van der Waals surface area contributed by atoms with Crippen LogP contribution in [0.3, 0.4) is 0 Å². The third-order valence-corrected chi connectivity index (χ3v) is 3.32. The highest BCUT2D eigenvalue weighted by Gasteiger charge is 2.07. The summed E-state index contributed by atoms with van der Waals surface area (Å²) >= 11 is 0. The van der Waals surface area contributed by atoms with Gasteiger partial charge in [0.25, 0.3) is 0 Å². The van der Waals surface area contributed by atoms with Gasteiger partial charge in [-0.05, 0) is 56.5 Å². The lowest BCUT2D eigenvalue weighted by atomic mass is 10.1. The molecular weight excluding hydrogens is 266 g/mol. The number of nitrogens with one attached hydrogen (secondary N) is 1. The van der Waals surface area contributed by atoms with Crippen LogP contribution in [0.5, 0.6) is 0 Å². The van der Waals surface area contributed by atoms with Crippen LogP contribution in [-0.2, 0) is 17.8 Å². The Morgan fingerprint density at radius 1 is 1.33 bits per heavy atom. The number of nitrogens with two attached hydrogens (primary N) is 1. The molecule has 0 aliphatic heterocycles. The molecule has 0 fully saturated rings. The minimum absolute atomic E-state index is 0.117. The first-order valence-corrected chi connectivity index (χ1v) is 7.04. The van der Waals surface area contributed by atoms with Gasteiger partial charge in [0.2, 0.25) is 5.91 Å². The maximum absolute atomic E-state index is 12.0. The third kappa shape index (κ3) is 4.39. The molecule has 0 aliphatic carbocycles. The predicted molar refractivity (Wildman–Crippen MR) is 81.9 cm³/mol. The molecule has 0 atom stereocenters. The number of benzene rings is 1. The lowest BCUT2D eigenvalue weighted by molar-refractivity contribution is -0.116. The number of amides is 1. The van der Waals surface area contributed by atoms with Crippen molar-refractivity contribution >= 4 is 11.6 Å². The first-order valence-electron chi connectivity index (χ1n) is 7.04. The van der Waals surface area contributed by atoms with Gasteiger partial charge in [-0.15, -0.1) is 5.10 Å². The second-order valence-corrected chi connectivity index (χ2v) is 5.15. The summed E-state index contributed by atoms with van der Waals surface area (Å²) < 4.78 is 1.54. The average molecular weight is 287 g/mol. The van der Waals surface area contributed by atoms with Gasteiger partial charge in [0, 0.05) is 11.9 Å². The molecule has 2 aromatic rings. The standard InChI is InChI=1S/C15H21N5O/c1-11-5-6-13(8-12(11)2)17-15(21)10-20-9-14(18-19-20)4-3-7-16/h5-6,8-9H,3-4,7,10,16H2,1-2H3,(H,17,21). The summed E-state index contributed by atoms with van der Waals surface area (Å²) in [6.45, 7) is 4.84. The summed E-state index contributed by atoms with van der Waals surface area (Å²) in [4.78, 5) is 12.0. The molecule has 3 N–H and O–H groups in total. The van der Waals surface area contributed by atoms with Crippen molar-refractivity contribution in [2.75, 3.05) is 11.9 Å². The summed E-state index contributed by atoms with van der Waals surface area (Å²) in [6, 6.07) is 5.85. The van der Waals surface area contributed by atoms with Gasteiger partial charge in [-0.2, -0.15) is 0 Å². The van der Waals surface area contributed by atoms with Crippen molar-refractivity contribution in [1.82, 2.24) is 15.0 Å². The minimum atomic E-state index is -0.117. The number of rotatable bonds is 6. The third-order valence-electron chi connectivity index (χ3n) is 3.32. The molecule has 0 saturated carbocycles. The van der Waals surface area contributed by atoms with Crippen LogP contribution in [0.1, 0.15) is 23.2 Å². The number of carbonyl (C=O) groups is 1. The number of aromatic nitrogens is 3. The number of carbonyl (C=O) groups excluding carboxylic acids is 1. The van der Waals surface area contributed by atoms with Gasteiger partial charge >= 0.3 is 0 Å². The summed E-state index contributed by atoms with van der Waals surface area (Å²) in [5, 5.41) is 10.8. The van der Waals surface area contributed by atoms with Crippen LogP contribution in [0.25, 0.3) is 0 Å².